The van der Waals surface area contributed by atoms with E-state index < -0.39 is 0 Å². The topological polar surface area (TPSA) is 59.1 Å². The van der Waals surface area contributed by atoms with Crippen molar-refractivity contribution in [2.45, 2.75) is 11.3 Å². The van der Waals surface area contributed by atoms with Gasteiger partial charge in [-0.05, 0) is 36.8 Å². The van der Waals surface area contributed by atoms with Gasteiger partial charge in [-0.15, -0.1) is 11.3 Å². The van der Waals surface area contributed by atoms with Crippen molar-refractivity contribution in [2.75, 3.05) is 11.1 Å². The summed E-state index contributed by atoms with van der Waals surface area (Å²) >= 11 is 2.96. The maximum atomic E-state index is 12.5. The molecule has 0 bridgehead atoms. The number of nitrogens with one attached hydrogen (secondary N) is 1. The molecule has 1 N–H and O–H groups in total. The molecular formula is C23H18N2O2S2. The molecule has 0 atom stereocenters. The molecule has 4 rings (SSSR count). The number of Topliss-reactive ketones (excluding diaryl/α,β-unsaturated/α-hetero) is 1. The van der Waals surface area contributed by atoms with E-state index in [0.717, 1.165) is 25.8 Å². The number of fused-ring (bicyclic) bond motifs is 1. The third-order valence-corrected chi connectivity index (χ3v) is 6.60. The lowest BCUT2D eigenvalue weighted by molar-refractivity contribution is 0.101. The van der Waals surface area contributed by atoms with E-state index in [1.165, 1.54) is 23.1 Å². The van der Waals surface area contributed by atoms with Gasteiger partial charge in [-0.25, -0.2) is 4.98 Å². The highest BCUT2D eigenvalue weighted by molar-refractivity contribution is 8.01. The van der Waals surface area contributed by atoms with Gasteiger partial charge in [-0.3, -0.25) is 9.59 Å². The minimum Gasteiger partial charge on any atom is -0.322 e. The summed E-state index contributed by atoms with van der Waals surface area (Å²) in [4.78, 5) is 29.4. The molecule has 3 aromatic carbocycles. The number of aryl methyl sites for hydroxylation is 1. The van der Waals surface area contributed by atoms with Crippen LogP contribution in [0.4, 0.5) is 5.69 Å². The normalized spacial score (nSPS) is 10.8. The smallest absolute Gasteiger partial charge is 0.255 e. The number of carbonyl (C=O) groups excluding carboxylic acids is 2. The van der Waals surface area contributed by atoms with Gasteiger partial charge in [0.25, 0.3) is 5.91 Å². The molecule has 1 aromatic heterocycles. The first-order valence-electron chi connectivity index (χ1n) is 9.09. The number of hydrogen-bond acceptors (Lipinski definition) is 5. The molecule has 1 amide bonds. The lowest BCUT2D eigenvalue weighted by Gasteiger charge is -2.07. The lowest BCUT2D eigenvalue weighted by atomic mass is 10.1. The molecule has 0 aliphatic rings. The van der Waals surface area contributed by atoms with Crippen molar-refractivity contribution in [2.24, 2.45) is 0 Å². The summed E-state index contributed by atoms with van der Waals surface area (Å²) in [6.07, 6.45) is 0. The number of carbonyl (C=O) groups is 2. The fraction of sp³-hybridized carbons (Fsp3) is 0.0870. The number of ketones is 1. The van der Waals surface area contributed by atoms with Gasteiger partial charge in [-0.1, -0.05) is 60.3 Å². The van der Waals surface area contributed by atoms with Gasteiger partial charge in [0.15, 0.2) is 10.1 Å². The van der Waals surface area contributed by atoms with Crippen molar-refractivity contribution >= 4 is 50.7 Å². The van der Waals surface area contributed by atoms with Gasteiger partial charge < -0.3 is 5.32 Å². The van der Waals surface area contributed by atoms with E-state index in [4.69, 9.17) is 0 Å². The van der Waals surface area contributed by atoms with E-state index >= 15 is 0 Å². The van der Waals surface area contributed by atoms with E-state index in [2.05, 4.69) is 10.3 Å². The summed E-state index contributed by atoms with van der Waals surface area (Å²) in [6.45, 7) is 1.92. The van der Waals surface area contributed by atoms with Gasteiger partial charge >= 0.3 is 0 Å². The predicted molar refractivity (Wildman–Crippen MR) is 120 cm³/mol. The molecule has 0 aliphatic heterocycles. The Morgan fingerprint density at radius 3 is 2.55 bits per heavy atom. The standard InChI is InChI=1S/C23H18N2O2S2/c1-15-7-5-6-10-18(15)22(27)24-17-11-12-19-21(13-17)29-23(25-19)28-14-20(26)16-8-3-2-4-9-16/h2-13H,14H2,1H3,(H,24,27). The van der Waals surface area contributed by atoms with Crippen LogP contribution in [-0.2, 0) is 0 Å². The fourth-order valence-corrected chi connectivity index (χ4v) is 4.91. The van der Waals surface area contributed by atoms with E-state index in [0.29, 0.717) is 16.9 Å². The van der Waals surface area contributed by atoms with Crippen molar-refractivity contribution in [3.05, 3.63) is 89.5 Å². The third kappa shape index (κ3) is 4.55. The first kappa shape index (κ1) is 19.4. The molecule has 0 spiro atoms. The lowest BCUT2D eigenvalue weighted by Crippen LogP contribution is -2.13. The highest BCUT2D eigenvalue weighted by atomic mass is 32.2. The van der Waals surface area contributed by atoms with Crippen molar-refractivity contribution in [3.63, 3.8) is 0 Å². The Hall–Kier alpha value is -2.96. The Morgan fingerprint density at radius 2 is 1.76 bits per heavy atom. The molecular weight excluding hydrogens is 400 g/mol. The quantitative estimate of drug-likeness (QED) is 0.316. The van der Waals surface area contributed by atoms with Crippen LogP contribution in [0.3, 0.4) is 0 Å². The second-order valence-electron chi connectivity index (χ2n) is 6.51. The molecule has 1 heterocycles. The molecule has 0 radical (unpaired) electrons. The first-order chi connectivity index (χ1) is 14.1. The highest BCUT2D eigenvalue weighted by Crippen LogP contribution is 2.31. The number of thioether (sulfide) groups is 1. The Balaban J connectivity index is 1.46. The number of thiazole rings is 1. The number of aromatic nitrogens is 1. The first-order valence-corrected chi connectivity index (χ1v) is 10.9. The fourth-order valence-electron chi connectivity index (χ4n) is 2.90. The zero-order valence-electron chi connectivity index (χ0n) is 15.7. The Morgan fingerprint density at radius 1 is 1.00 bits per heavy atom. The Bertz CT molecular complexity index is 1190. The second-order valence-corrected chi connectivity index (χ2v) is 8.76. The van der Waals surface area contributed by atoms with Gasteiger partial charge in [0.1, 0.15) is 0 Å². The second kappa shape index (κ2) is 8.59. The van der Waals surface area contributed by atoms with Crippen LogP contribution in [0.25, 0.3) is 10.2 Å². The number of amides is 1. The SMILES string of the molecule is Cc1ccccc1C(=O)Nc1ccc2nc(SCC(=O)c3ccccc3)sc2c1. The largest absolute Gasteiger partial charge is 0.322 e. The van der Waals surface area contributed by atoms with E-state index in [1.54, 1.807) is 0 Å². The summed E-state index contributed by atoms with van der Waals surface area (Å²) in [5.41, 5.74) is 3.89. The van der Waals surface area contributed by atoms with Crippen LogP contribution in [0.2, 0.25) is 0 Å². The van der Waals surface area contributed by atoms with Crippen LogP contribution in [0.5, 0.6) is 0 Å². The highest BCUT2D eigenvalue weighted by Gasteiger charge is 2.12. The van der Waals surface area contributed by atoms with Crippen molar-refractivity contribution in [1.82, 2.24) is 4.98 Å². The molecule has 29 heavy (non-hydrogen) atoms. The summed E-state index contributed by atoms with van der Waals surface area (Å²) < 4.78 is 1.81. The van der Waals surface area contributed by atoms with Gasteiger partial charge in [-0.2, -0.15) is 0 Å². The van der Waals surface area contributed by atoms with Gasteiger partial charge in [0.2, 0.25) is 0 Å². The van der Waals surface area contributed by atoms with E-state index in [-0.39, 0.29) is 11.7 Å². The third-order valence-electron chi connectivity index (χ3n) is 4.44. The van der Waals surface area contributed by atoms with Crippen LogP contribution in [0.1, 0.15) is 26.3 Å². The maximum Gasteiger partial charge on any atom is 0.255 e. The summed E-state index contributed by atoms with van der Waals surface area (Å²) in [6, 6.07) is 22.4. The monoisotopic (exact) mass is 418 g/mol. The number of benzene rings is 3. The molecule has 4 aromatic rings. The van der Waals surface area contributed by atoms with Crippen molar-refractivity contribution < 1.29 is 9.59 Å². The van der Waals surface area contributed by atoms with Crippen molar-refractivity contribution in [1.29, 1.82) is 0 Å². The minimum absolute atomic E-state index is 0.0843. The average molecular weight is 419 g/mol. The molecule has 144 valence electrons. The number of hydrogen-bond donors (Lipinski definition) is 1. The summed E-state index contributed by atoms with van der Waals surface area (Å²) in [5.74, 6) is 0.303. The van der Waals surface area contributed by atoms with Crippen molar-refractivity contribution in [3.8, 4) is 0 Å². The molecule has 0 aliphatic carbocycles. The molecule has 6 heteroatoms. The maximum absolute atomic E-state index is 12.5. The van der Waals surface area contributed by atoms with Crippen LogP contribution < -0.4 is 5.32 Å². The summed E-state index contributed by atoms with van der Waals surface area (Å²) in [5, 5.41) is 2.95. The minimum atomic E-state index is -0.130. The van der Waals surface area contributed by atoms with Crippen LogP contribution in [0, 0.1) is 6.92 Å². The molecule has 0 unspecified atom stereocenters. The molecule has 0 fully saturated rings. The Kier molecular flexibility index (Phi) is 5.74. The number of nitrogens with zero attached hydrogens (tertiary/aromatic N) is 1. The van der Waals surface area contributed by atoms with Crippen LogP contribution in [0.15, 0.2) is 77.1 Å². The molecule has 0 saturated carbocycles. The van der Waals surface area contributed by atoms with E-state index in [9.17, 15) is 9.59 Å². The zero-order chi connectivity index (χ0) is 20.2. The number of anilines is 1. The molecule has 0 saturated heterocycles. The summed E-state index contributed by atoms with van der Waals surface area (Å²) in [7, 11) is 0. The molecule has 4 nitrogen and oxygen atoms in total. The van der Waals surface area contributed by atoms with Gasteiger partial charge in [0, 0.05) is 16.8 Å². The predicted octanol–water partition coefficient (Wildman–Crippen LogP) is 5.83. The van der Waals surface area contributed by atoms with E-state index in [1.807, 2.05) is 79.7 Å². The van der Waals surface area contributed by atoms with Crippen LogP contribution >= 0.6 is 23.1 Å². The Labute approximate surface area is 177 Å². The zero-order valence-corrected chi connectivity index (χ0v) is 17.3. The average Bonchev–Trinajstić information content (AvgIpc) is 3.15. The number of rotatable bonds is 6. The van der Waals surface area contributed by atoms with Crippen LogP contribution in [-0.4, -0.2) is 22.4 Å². The van der Waals surface area contributed by atoms with Gasteiger partial charge in [0.05, 0.1) is 16.0 Å².